The van der Waals surface area contributed by atoms with Gasteiger partial charge in [0.15, 0.2) is 10.1 Å². The molecule has 1 aliphatic rings. The number of alkyl halides is 3. The molecule has 2 radical (unpaired) electrons. The average molecular weight is 978 g/mol. The maximum atomic E-state index is 10.7. The summed E-state index contributed by atoms with van der Waals surface area (Å²) < 4.78 is 63.3. The minimum Gasteiger partial charge on any atom is -0.741 e. The van der Waals surface area contributed by atoms with Crippen molar-refractivity contribution in [2.75, 3.05) is 0 Å². The Morgan fingerprint density at radius 2 is 0.770 bits per heavy atom. The summed E-state index contributed by atoms with van der Waals surface area (Å²) in [5.41, 5.74) is -0.921. The number of hydrogen-bond donors (Lipinski definition) is 0. The summed E-state index contributed by atoms with van der Waals surface area (Å²) in [6, 6.07) is 42.9. The molecule has 4 aromatic carbocycles. The SMILES string of the molecule is Cn1cc(C(C)(C)C)nc1P(c1ccccc1)c1ccccc1.Cn1cc(C(C)(C)C)nc1P(c1ccccc1)c1ccccc1.O.O=S(=O)([O-])C(F)(F)F.[CH]1C=CC=C1.[Ru+]. The Hall–Kier alpha value is -4.08. The zero-order chi connectivity index (χ0) is 43.4. The van der Waals surface area contributed by atoms with E-state index < -0.39 is 31.5 Å². The molecule has 2 heterocycles. The van der Waals surface area contributed by atoms with E-state index in [1.807, 2.05) is 30.7 Å². The number of rotatable bonds is 6. The molecule has 61 heavy (non-hydrogen) atoms. The molecule has 0 fully saturated rings. The summed E-state index contributed by atoms with van der Waals surface area (Å²) >= 11 is 0. The predicted octanol–water partition coefficient (Wildman–Crippen LogP) is 7.49. The fourth-order valence-electron chi connectivity index (χ4n) is 5.44. The van der Waals surface area contributed by atoms with Crippen molar-refractivity contribution >= 4 is 58.3 Å². The van der Waals surface area contributed by atoms with Crippen LogP contribution in [0.1, 0.15) is 52.9 Å². The van der Waals surface area contributed by atoms with Crippen molar-refractivity contribution in [2.45, 2.75) is 57.9 Å². The van der Waals surface area contributed by atoms with Crippen LogP contribution in [-0.2, 0) is 54.5 Å². The van der Waals surface area contributed by atoms with Crippen molar-refractivity contribution in [2.24, 2.45) is 14.1 Å². The van der Waals surface area contributed by atoms with Crippen molar-refractivity contribution < 1.29 is 51.1 Å². The zero-order valence-corrected chi connectivity index (χ0v) is 39.7. The Morgan fingerprint density at radius 1 is 0.525 bits per heavy atom. The van der Waals surface area contributed by atoms with Crippen LogP contribution in [0.15, 0.2) is 158 Å². The maximum absolute atomic E-state index is 10.7. The summed E-state index contributed by atoms with van der Waals surface area (Å²) in [7, 11) is -3.15. The molecule has 0 spiro atoms. The number of allylic oxidation sites excluding steroid dienone is 4. The molecule has 2 aromatic heterocycles. The number of hydrogen-bond acceptors (Lipinski definition) is 5. The quantitative estimate of drug-likeness (QED) is 0.0741. The molecule has 8 nitrogen and oxygen atoms in total. The van der Waals surface area contributed by atoms with Crippen LogP contribution >= 0.6 is 15.8 Å². The number of benzene rings is 4. The van der Waals surface area contributed by atoms with E-state index in [0.717, 1.165) is 22.5 Å². The summed E-state index contributed by atoms with van der Waals surface area (Å²) in [5.74, 6) is 0. The summed E-state index contributed by atoms with van der Waals surface area (Å²) in [5, 5.41) is 5.34. The first-order valence-corrected chi connectivity index (χ1v) is 22.8. The largest absolute Gasteiger partial charge is 1.00 e. The van der Waals surface area contributed by atoms with Gasteiger partial charge in [-0.15, -0.1) is 0 Å². The monoisotopic (exact) mass is 978 g/mol. The van der Waals surface area contributed by atoms with Crippen LogP contribution in [0.25, 0.3) is 0 Å². The van der Waals surface area contributed by atoms with E-state index in [0.29, 0.717) is 0 Å². The first-order valence-electron chi connectivity index (χ1n) is 18.8. The molecule has 0 atom stereocenters. The molecule has 326 valence electrons. The number of aryl methyl sites for hydroxylation is 2. The maximum Gasteiger partial charge on any atom is 1.00 e. The number of aromatic nitrogens is 4. The van der Waals surface area contributed by atoms with Gasteiger partial charge in [-0.05, 0) is 21.2 Å². The minimum atomic E-state index is -6.09. The van der Waals surface area contributed by atoms with E-state index >= 15 is 0 Å². The molecule has 0 aliphatic heterocycles. The topological polar surface area (TPSA) is 124 Å². The number of imidazole rings is 2. The van der Waals surface area contributed by atoms with E-state index in [9.17, 15) is 13.2 Å². The molecule has 0 unspecified atom stereocenters. The Morgan fingerprint density at radius 3 is 0.934 bits per heavy atom. The number of nitrogens with zero attached hydrogens (tertiary/aromatic N) is 4. The van der Waals surface area contributed by atoms with Crippen molar-refractivity contribution in [1.29, 1.82) is 0 Å². The summed E-state index contributed by atoms with van der Waals surface area (Å²) in [4.78, 5) is 10.1. The molecule has 1 aliphatic carbocycles. The van der Waals surface area contributed by atoms with Gasteiger partial charge < -0.3 is 19.2 Å². The molecule has 7 rings (SSSR count). The first-order chi connectivity index (χ1) is 27.7. The molecule has 0 bridgehead atoms. The molecular weight excluding hydrogens is 925 g/mol. The molecule has 2 N–H and O–H groups in total. The molecule has 0 saturated heterocycles. The second kappa shape index (κ2) is 23.4. The second-order valence-corrected chi connectivity index (χ2v) is 21.0. The van der Waals surface area contributed by atoms with Gasteiger partial charge >= 0.3 is 25.0 Å². The fraction of sp³-hybridized carbons (Fsp3) is 0.239. The van der Waals surface area contributed by atoms with Gasteiger partial charge in [-0.3, -0.25) is 0 Å². The van der Waals surface area contributed by atoms with Crippen LogP contribution in [0.5, 0.6) is 0 Å². The minimum absolute atomic E-state index is 0. The third-order valence-electron chi connectivity index (χ3n) is 8.54. The third-order valence-corrected chi connectivity index (χ3v) is 14.0. The van der Waals surface area contributed by atoms with Gasteiger partial charge in [-0.1, -0.05) is 187 Å². The molecular formula is C46H53F3N4O4P2RuS. The smallest absolute Gasteiger partial charge is 0.741 e. The van der Waals surface area contributed by atoms with Crippen molar-refractivity contribution in [3.63, 3.8) is 0 Å². The van der Waals surface area contributed by atoms with E-state index in [1.165, 1.54) is 21.2 Å². The van der Waals surface area contributed by atoms with Crippen molar-refractivity contribution in [3.8, 4) is 0 Å². The van der Waals surface area contributed by atoms with Crippen LogP contribution in [0.4, 0.5) is 13.2 Å². The van der Waals surface area contributed by atoms with Gasteiger partial charge in [0.1, 0.15) is 11.1 Å². The van der Waals surface area contributed by atoms with E-state index in [-0.39, 0.29) is 35.8 Å². The fourth-order valence-corrected chi connectivity index (χ4v) is 10.0. The Balaban J connectivity index is 0.000000318. The Bertz CT molecular complexity index is 2160. The van der Waals surface area contributed by atoms with Crippen LogP contribution in [-0.4, -0.2) is 43.1 Å². The van der Waals surface area contributed by atoms with Gasteiger partial charge in [-0.2, -0.15) is 13.2 Å². The van der Waals surface area contributed by atoms with E-state index in [4.69, 9.17) is 22.9 Å². The van der Waals surface area contributed by atoms with Gasteiger partial charge in [0.2, 0.25) is 0 Å². The third kappa shape index (κ3) is 15.7. The predicted molar refractivity (Wildman–Crippen MR) is 243 cm³/mol. The number of halogens is 3. The Labute approximate surface area is 374 Å². The van der Waals surface area contributed by atoms with Crippen molar-refractivity contribution in [1.82, 2.24) is 19.1 Å². The van der Waals surface area contributed by atoms with Gasteiger partial charge in [0, 0.05) is 59.6 Å². The molecule has 0 amide bonds. The van der Waals surface area contributed by atoms with Gasteiger partial charge in [0.05, 0.1) is 11.4 Å². The Kier molecular flexibility index (Phi) is 20.3. The molecule has 0 saturated carbocycles. The van der Waals surface area contributed by atoms with Crippen LogP contribution in [0.3, 0.4) is 0 Å². The van der Waals surface area contributed by atoms with E-state index in [2.05, 4.69) is 198 Å². The standard InChI is InChI=1S/2C20H23N2P.C5H5.CHF3O3S.H2O.Ru/c2*1-20(2,3)18-15-22(4)19(21-18)23(16-11-7-5-8-12-16)17-13-9-6-10-14-17;1-2-4-5-3-1;2-1(3,4)8(5,6)7;;/h2*5-15H,1-4H3;1-5H;(H,5,6,7);1H2;/q;;;;;+1/p-1. The molecule has 6 aromatic rings. The van der Waals surface area contributed by atoms with Crippen LogP contribution < -0.4 is 32.3 Å². The van der Waals surface area contributed by atoms with Gasteiger partial charge in [-0.25, -0.2) is 18.4 Å². The first kappa shape index (κ1) is 53.1. The van der Waals surface area contributed by atoms with E-state index in [1.54, 1.807) is 0 Å². The average Bonchev–Trinajstić information content (AvgIpc) is 3.97. The van der Waals surface area contributed by atoms with Crippen LogP contribution in [0, 0.1) is 6.42 Å². The molecule has 15 heteroatoms. The van der Waals surface area contributed by atoms with Gasteiger partial charge in [0.25, 0.3) is 0 Å². The summed E-state index contributed by atoms with van der Waals surface area (Å²) in [6.45, 7) is 13.3. The van der Waals surface area contributed by atoms with Crippen LogP contribution in [0.2, 0.25) is 0 Å². The zero-order valence-electron chi connectivity index (χ0n) is 35.4. The second-order valence-electron chi connectivity index (χ2n) is 15.4. The summed E-state index contributed by atoms with van der Waals surface area (Å²) in [6.07, 6.45) is 14.4. The van der Waals surface area contributed by atoms with Crippen molar-refractivity contribution in [3.05, 3.63) is 176 Å². The normalized spacial score (nSPS) is 12.2.